The lowest BCUT2D eigenvalue weighted by molar-refractivity contribution is -0.146. The van der Waals surface area contributed by atoms with E-state index in [-0.39, 0.29) is 0 Å². The topological polar surface area (TPSA) is 47.9 Å². The van der Waals surface area contributed by atoms with Gasteiger partial charge in [0.25, 0.3) is 0 Å². The summed E-state index contributed by atoms with van der Waals surface area (Å²) in [6.07, 6.45) is 5.22. The molecule has 0 N–H and O–H groups in total. The predicted octanol–water partition coefficient (Wildman–Crippen LogP) is 0.964. The van der Waals surface area contributed by atoms with Crippen LogP contribution in [0.4, 0.5) is 0 Å². The van der Waals surface area contributed by atoms with E-state index in [2.05, 4.69) is 15.9 Å². The molecular formula is C9H13NO3. The molecule has 0 spiro atoms. The van der Waals surface area contributed by atoms with Crippen molar-refractivity contribution in [3.8, 4) is 12.3 Å². The van der Waals surface area contributed by atoms with Crippen LogP contribution in [-0.2, 0) is 14.4 Å². The molecule has 1 unspecified atom stereocenters. The zero-order valence-corrected chi connectivity index (χ0v) is 8.25. The fourth-order valence-corrected chi connectivity index (χ4v) is 0.719. The molecule has 4 nitrogen and oxygen atoms in total. The van der Waals surface area contributed by atoms with Crippen LogP contribution in [0.5, 0.6) is 0 Å². The van der Waals surface area contributed by atoms with Crippen LogP contribution in [0.3, 0.4) is 0 Å². The van der Waals surface area contributed by atoms with Gasteiger partial charge in [-0.15, -0.1) is 6.42 Å². The maximum Gasteiger partial charge on any atom is 0.304 e. The van der Waals surface area contributed by atoms with Crippen molar-refractivity contribution in [1.29, 1.82) is 0 Å². The minimum atomic E-state index is -1.12. The van der Waals surface area contributed by atoms with Gasteiger partial charge < -0.3 is 9.57 Å². The molecule has 72 valence electrons. The Labute approximate surface area is 77.9 Å². The van der Waals surface area contributed by atoms with E-state index >= 15 is 0 Å². The molecule has 0 saturated heterocycles. The highest BCUT2D eigenvalue weighted by Gasteiger charge is 2.29. The second-order valence-corrected chi connectivity index (χ2v) is 2.63. The maximum absolute atomic E-state index is 10.7. The highest BCUT2D eigenvalue weighted by Crippen LogP contribution is 2.12. The van der Waals surface area contributed by atoms with Gasteiger partial charge in [-0.1, -0.05) is 11.1 Å². The summed E-state index contributed by atoms with van der Waals surface area (Å²) >= 11 is 0. The molecule has 0 aromatic carbocycles. The molecule has 0 aliphatic heterocycles. The molecule has 1 atom stereocenters. The Balaban J connectivity index is 4.75. The number of hydrogen-bond acceptors (Lipinski definition) is 4. The fraction of sp³-hybridized carbons (Fsp3) is 0.556. The van der Waals surface area contributed by atoms with Gasteiger partial charge in [0.05, 0.1) is 0 Å². The summed E-state index contributed by atoms with van der Waals surface area (Å²) in [5.41, 5.74) is -0.699. The SMILES string of the molecule is C#CC(C)(OC(C)=O)/C(C)=N/OC. The second-order valence-electron chi connectivity index (χ2n) is 2.63. The third-order valence-corrected chi connectivity index (χ3v) is 1.54. The third-order valence-electron chi connectivity index (χ3n) is 1.54. The highest BCUT2D eigenvalue weighted by molar-refractivity contribution is 5.94. The Kier molecular flexibility index (Phi) is 3.99. The number of rotatable bonds is 3. The van der Waals surface area contributed by atoms with Crippen molar-refractivity contribution in [1.82, 2.24) is 0 Å². The van der Waals surface area contributed by atoms with E-state index in [9.17, 15) is 4.79 Å². The molecule has 0 radical (unpaired) electrons. The number of carbonyl (C=O) groups excluding carboxylic acids is 1. The normalized spacial score (nSPS) is 15.5. The number of hydrogen-bond donors (Lipinski definition) is 0. The van der Waals surface area contributed by atoms with Crippen LogP contribution in [0.25, 0.3) is 0 Å². The van der Waals surface area contributed by atoms with Gasteiger partial charge in [0, 0.05) is 6.92 Å². The minimum absolute atomic E-state index is 0.424. The van der Waals surface area contributed by atoms with Crippen molar-refractivity contribution in [2.45, 2.75) is 26.4 Å². The Bertz CT molecular complexity index is 265. The summed E-state index contributed by atoms with van der Waals surface area (Å²) in [6, 6.07) is 0. The summed E-state index contributed by atoms with van der Waals surface area (Å²) < 4.78 is 4.92. The molecule has 4 heteroatoms. The van der Waals surface area contributed by atoms with Crippen molar-refractivity contribution >= 4 is 11.7 Å². The predicted molar refractivity (Wildman–Crippen MR) is 49.1 cm³/mol. The van der Waals surface area contributed by atoms with Gasteiger partial charge in [0.15, 0.2) is 0 Å². The Morgan fingerprint density at radius 1 is 1.54 bits per heavy atom. The zero-order valence-electron chi connectivity index (χ0n) is 8.25. The zero-order chi connectivity index (χ0) is 10.5. The van der Waals surface area contributed by atoms with E-state index in [0.717, 1.165) is 0 Å². The minimum Gasteiger partial charge on any atom is -0.440 e. The number of esters is 1. The van der Waals surface area contributed by atoms with Crippen LogP contribution < -0.4 is 0 Å². The lowest BCUT2D eigenvalue weighted by Gasteiger charge is -2.21. The molecule has 0 bridgehead atoms. The molecule has 0 heterocycles. The standard InChI is InChI=1S/C9H13NO3/c1-6-9(4,13-8(3)11)7(2)10-12-5/h1H,2-5H3/b10-7+. The molecule has 0 aliphatic carbocycles. The summed E-state index contributed by atoms with van der Waals surface area (Å²) in [6.45, 7) is 4.49. The summed E-state index contributed by atoms with van der Waals surface area (Å²) in [5.74, 6) is 1.89. The number of oxime groups is 1. The van der Waals surface area contributed by atoms with Gasteiger partial charge in [0.1, 0.15) is 12.8 Å². The Morgan fingerprint density at radius 2 is 2.08 bits per heavy atom. The molecule has 0 rings (SSSR count). The quantitative estimate of drug-likeness (QED) is 0.283. The first kappa shape index (κ1) is 11.5. The van der Waals surface area contributed by atoms with Crippen LogP contribution in [0.1, 0.15) is 20.8 Å². The van der Waals surface area contributed by atoms with Gasteiger partial charge in [-0.25, -0.2) is 0 Å². The molecule has 0 fully saturated rings. The van der Waals surface area contributed by atoms with Crippen LogP contribution in [0, 0.1) is 12.3 Å². The Hall–Kier alpha value is -1.50. The average molecular weight is 183 g/mol. The number of ether oxygens (including phenoxy) is 1. The van der Waals surface area contributed by atoms with E-state index in [4.69, 9.17) is 11.2 Å². The van der Waals surface area contributed by atoms with Crippen LogP contribution in [0.2, 0.25) is 0 Å². The maximum atomic E-state index is 10.7. The third kappa shape index (κ3) is 3.16. The molecular weight excluding hydrogens is 170 g/mol. The lowest BCUT2D eigenvalue weighted by Crippen LogP contribution is -2.36. The van der Waals surface area contributed by atoms with Crippen molar-refractivity contribution in [3.05, 3.63) is 0 Å². The van der Waals surface area contributed by atoms with Gasteiger partial charge in [-0.3, -0.25) is 4.79 Å². The van der Waals surface area contributed by atoms with Crippen molar-refractivity contribution in [2.24, 2.45) is 5.16 Å². The van der Waals surface area contributed by atoms with Crippen molar-refractivity contribution in [2.75, 3.05) is 7.11 Å². The van der Waals surface area contributed by atoms with Gasteiger partial charge in [-0.05, 0) is 13.8 Å². The fourth-order valence-electron chi connectivity index (χ4n) is 0.719. The first-order chi connectivity index (χ1) is 5.96. The Morgan fingerprint density at radius 3 is 2.38 bits per heavy atom. The van der Waals surface area contributed by atoms with Gasteiger partial charge in [0.2, 0.25) is 5.60 Å². The molecule has 0 aliphatic rings. The number of carbonyl (C=O) groups is 1. The van der Waals surface area contributed by atoms with Crippen LogP contribution in [-0.4, -0.2) is 24.4 Å². The number of nitrogens with zero attached hydrogens (tertiary/aromatic N) is 1. The van der Waals surface area contributed by atoms with Gasteiger partial charge in [-0.2, -0.15) is 0 Å². The first-order valence-electron chi connectivity index (χ1n) is 3.72. The summed E-state index contributed by atoms with van der Waals surface area (Å²) in [7, 11) is 1.40. The molecule has 13 heavy (non-hydrogen) atoms. The van der Waals surface area contributed by atoms with E-state index in [1.807, 2.05) is 0 Å². The smallest absolute Gasteiger partial charge is 0.304 e. The molecule has 0 saturated carbocycles. The second kappa shape index (κ2) is 4.51. The monoisotopic (exact) mass is 183 g/mol. The van der Waals surface area contributed by atoms with E-state index in [1.54, 1.807) is 13.8 Å². The number of terminal acetylenes is 1. The van der Waals surface area contributed by atoms with Crippen LogP contribution in [0.15, 0.2) is 5.16 Å². The van der Waals surface area contributed by atoms with Crippen LogP contribution >= 0.6 is 0 Å². The van der Waals surface area contributed by atoms with E-state index in [1.165, 1.54) is 14.0 Å². The van der Waals surface area contributed by atoms with Crippen molar-refractivity contribution < 1.29 is 14.4 Å². The average Bonchev–Trinajstić information content (AvgIpc) is 2.03. The van der Waals surface area contributed by atoms with Gasteiger partial charge >= 0.3 is 5.97 Å². The molecule has 0 amide bonds. The molecule has 0 aromatic heterocycles. The van der Waals surface area contributed by atoms with Crippen molar-refractivity contribution in [3.63, 3.8) is 0 Å². The molecule has 0 aromatic rings. The largest absolute Gasteiger partial charge is 0.440 e. The van der Waals surface area contributed by atoms with E-state index < -0.39 is 11.6 Å². The van der Waals surface area contributed by atoms with E-state index in [0.29, 0.717) is 5.71 Å². The summed E-state index contributed by atoms with van der Waals surface area (Å²) in [5, 5.41) is 3.62. The summed E-state index contributed by atoms with van der Waals surface area (Å²) in [4.78, 5) is 15.2. The highest BCUT2D eigenvalue weighted by atomic mass is 16.6. The lowest BCUT2D eigenvalue weighted by atomic mass is 10.0. The first-order valence-corrected chi connectivity index (χ1v) is 3.72.